The number of benzene rings is 1. The van der Waals surface area contributed by atoms with Crippen LogP contribution >= 0.6 is 0 Å². The van der Waals surface area contributed by atoms with Crippen LogP contribution in [0.4, 0.5) is 10.6 Å². The third-order valence-electron chi connectivity index (χ3n) is 4.65. The van der Waals surface area contributed by atoms with Crippen LogP contribution in [-0.4, -0.2) is 27.1 Å². The van der Waals surface area contributed by atoms with Gasteiger partial charge in [-0.25, -0.2) is 9.78 Å². The molecule has 6 heteroatoms. The minimum Gasteiger partial charge on any atom is -0.508 e. The molecule has 6 nitrogen and oxygen atoms in total. The van der Waals surface area contributed by atoms with Gasteiger partial charge in [0, 0.05) is 17.8 Å². The van der Waals surface area contributed by atoms with E-state index in [1.165, 1.54) is 12.8 Å². The number of phenolic OH excluding ortho intramolecular Hbond substituents is 1. The van der Waals surface area contributed by atoms with Crippen molar-refractivity contribution in [2.45, 2.75) is 31.7 Å². The molecule has 1 aromatic carbocycles. The zero-order valence-electron chi connectivity index (χ0n) is 14.3. The summed E-state index contributed by atoms with van der Waals surface area (Å²) in [4.78, 5) is 21.0. The molecule has 1 aliphatic carbocycles. The fraction of sp³-hybridized carbons (Fsp3) is 0.250. The van der Waals surface area contributed by atoms with Crippen LogP contribution in [0.5, 0.6) is 5.75 Å². The lowest BCUT2D eigenvalue weighted by atomic mass is 10.1. The first-order chi connectivity index (χ1) is 12.7. The van der Waals surface area contributed by atoms with Crippen molar-refractivity contribution in [3.05, 3.63) is 48.7 Å². The Hall–Kier alpha value is -3.15. The number of urea groups is 1. The zero-order chi connectivity index (χ0) is 17.9. The molecule has 1 saturated carbocycles. The molecule has 0 atom stereocenters. The fourth-order valence-electron chi connectivity index (χ4n) is 3.33. The molecule has 26 heavy (non-hydrogen) atoms. The number of carbonyl (C=O) groups excluding carboxylic acids is 1. The molecule has 0 spiro atoms. The average Bonchev–Trinajstić information content (AvgIpc) is 3.14. The molecule has 4 rings (SSSR count). The van der Waals surface area contributed by atoms with Crippen molar-refractivity contribution >= 4 is 22.9 Å². The van der Waals surface area contributed by atoms with Crippen molar-refractivity contribution in [1.82, 2.24) is 15.3 Å². The van der Waals surface area contributed by atoms with E-state index in [9.17, 15) is 9.90 Å². The molecule has 3 N–H and O–H groups in total. The van der Waals surface area contributed by atoms with Crippen LogP contribution in [0.2, 0.25) is 0 Å². The van der Waals surface area contributed by atoms with Gasteiger partial charge in [-0.05, 0) is 48.7 Å². The molecule has 0 saturated heterocycles. The van der Waals surface area contributed by atoms with Gasteiger partial charge < -0.3 is 10.4 Å². The highest BCUT2D eigenvalue weighted by Gasteiger charge is 2.17. The fourth-order valence-corrected chi connectivity index (χ4v) is 3.33. The molecule has 2 heterocycles. The number of carbonyl (C=O) groups is 1. The number of rotatable bonds is 3. The Morgan fingerprint density at radius 2 is 1.88 bits per heavy atom. The van der Waals surface area contributed by atoms with Crippen LogP contribution in [0.25, 0.3) is 22.2 Å². The summed E-state index contributed by atoms with van der Waals surface area (Å²) < 4.78 is 0. The molecule has 2 amide bonds. The van der Waals surface area contributed by atoms with Gasteiger partial charge in [-0.2, -0.15) is 0 Å². The standard InChI is InChI=1S/C20H20N4O2/c25-16-7-3-4-13(10-16)14-11-18-17(21-12-14)8-9-19(23-18)24-20(26)22-15-5-1-2-6-15/h3-4,7-12,15,25H,1-2,5-6H2,(H2,22,23,24,26). The highest BCUT2D eigenvalue weighted by Crippen LogP contribution is 2.25. The van der Waals surface area contributed by atoms with Crippen LogP contribution < -0.4 is 10.6 Å². The maximum absolute atomic E-state index is 12.1. The second-order valence-corrected chi connectivity index (χ2v) is 6.59. The Kier molecular flexibility index (Phi) is 4.39. The van der Waals surface area contributed by atoms with Crippen LogP contribution in [0.3, 0.4) is 0 Å². The number of fused-ring (bicyclic) bond motifs is 1. The summed E-state index contributed by atoms with van der Waals surface area (Å²) in [5.41, 5.74) is 3.15. The number of hydrogen-bond donors (Lipinski definition) is 3. The van der Waals surface area contributed by atoms with Gasteiger partial charge in [0.2, 0.25) is 0 Å². The third kappa shape index (κ3) is 3.59. The van der Waals surface area contributed by atoms with Crippen molar-refractivity contribution in [1.29, 1.82) is 0 Å². The molecule has 2 aromatic heterocycles. The van der Waals surface area contributed by atoms with Gasteiger partial charge in [0.15, 0.2) is 0 Å². The number of aromatic nitrogens is 2. The SMILES string of the molecule is O=C(Nc1ccc2ncc(-c3cccc(O)c3)cc2n1)NC1CCCC1. The number of pyridine rings is 2. The van der Waals surface area contributed by atoms with Gasteiger partial charge in [0.25, 0.3) is 0 Å². The number of nitrogens with zero attached hydrogens (tertiary/aromatic N) is 2. The Bertz CT molecular complexity index is 951. The Labute approximate surface area is 151 Å². The molecular formula is C20H20N4O2. The first-order valence-corrected chi connectivity index (χ1v) is 8.81. The second-order valence-electron chi connectivity index (χ2n) is 6.59. The van der Waals surface area contributed by atoms with Gasteiger partial charge in [0.1, 0.15) is 11.6 Å². The van der Waals surface area contributed by atoms with Gasteiger partial charge in [-0.15, -0.1) is 0 Å². The molecule has 0 unspecified atom stereocenters. The number of phenols is 1. The lowest BCUT2D eigenvalue weighted by molar-refractivity contribution is 0.248. The van der Waals surface area contributed by atoms with E-state index in [0.717, 1.165) is 29.5 Å². The maximum atomic E-state index is 12.1. The van der Waals surface area contributed by atoms with Gasteiger partial charge in [-0.3, -0.25) is 10.3 Å². The smallest absolute Gasteiger partial charge is 0.320 e. The molecule has 0 bridgehead atoms. The summed E-state index contributed by atoms with van der Waals surface area (Å²) in [5, 5.41) is 15.4. The van der Waals surface area contributed by atoms with Gasteiger partial charge in [-0.1, -0.05) is 25.0 Å². The summed E-state index contributed by atoms with van der Waals surface area (Å²) in [6.45, 7) is 0. The maximum Gasteiger partial charge on any atom is 0.320 e. The number of amides is 2. The van der Waals surface area contributed by atoms with Crippen LogP contribution in [0.1, 0.15) is 25.7 Å². The Morgan fingerprint density at radius 1 is 1.04 bits per heavy atom. The monoisotopic (exact) mass is 348 g/mol. The van der Waals surface area contributed by atoms with Crippen molar-refractivity contribution in [3.8, 4) is 16.9 Å². The summed E-state index contributed by atoms with van der Waals surface area (Å²) in [7, 11) is 0. The summed E-state index contributed by atoms with van der Waals surface area (Å²) in [6.07, 6.45) is 6.16. The quantitative estimate of drug-likeness (QED) is 0.666. The molecule has 1 aliphatic rings. The Morgan fingerprint density at radius 3 is 2.69 bits per heavy atom. The van der Waals surface area contributed by atoms with E-state index in [1.807, 2.05) is 18.2 Å². The summed E-state index contributed by atoms with van der Waals surface area (Å²) in [5.74, 6) is 0.692. The number of aromatic hydroxyl groups is 1. The minimum absolute atomic E-state index is 0.203. The third-order valence-corrected chi connectivity index (χ3v) is 4.65. The van der Waals surface area contributed by atoms with E-state index in [-0.39, 0.29) is 17.8 Å². The van der Waals surface area contributed by atoms with Crippen molar-refractivity contribution in [2.24, 2.45) is 0 Å². The highest BCUT2D eigenvalue weighted by molar-refractivity contribution is 5.90. The van der Waals surface area contributed by atoms with E-state index in [4.69, 9.17) is 0 Å². The van der Waals surface area contributed by atoms with E-state index in [2.05, 4.69) is 20.6 Å². The molecule has 132 valence electrons. The lowest BCUT2D eigenvalue weighted by Crippen LogP contribution is -2.36. The van der Waals surface area contributed by atoms with Crippen LogP contribution in [0.15, 0.2) is 48.7 Å². The normalized spacial score (nSPS) is 14.5. The predicted molar refractivity (Wildman–Crippen MR) is 101 cm³/mol. The van der Waals surface area contributed by atoms with Crippen molar-refractivity contribution < 1.29 is 9.90 Å². The molecule has 0 radical (unpaired) electrons. The highest BCUT2D eigenvalue weighted by atomic mass is 16.3. The molecule has 0 aliphatic heterocycles. The second kappa shape index (κ2) is 7.00. The van der Waals surface area contributed by atoms with Crippen molar-refractivity contribution in [3.63, 3.8) is 0 Å². The minimum atomic E-state index is -0.221. The van der Waals surface area contributed by atoms with E-state index in [0.29, 0.717) is 11.3 Å². The summed E-state index contributed by atoms with van der Waals surface area (Å²) in [6, 6.07) is 12.5. The van der Waals surface area contributed by atoms with E-state index >= 15 is 0 Å². The molecule has 3 aromatic rings. The first-order valence-electron chi connectivity index (χ1n) is 8.81. The molecular weight excluding hydrogens is 328 g/mol. The topological polar surface area (TPSA) is 87.1 Å². The van der Waals surface area contributed by atoms with Gasteiger partial charge >= 0.3 is 6.03 Å². The Balaban J connectivity index is 1.56. The van der Waals surface area contributed by atoms with Crippen LogP contribution in [0, 0.1) is 0 Å². The van der Waals surface area contributed by atoms with Crippen LogP contribution in [-0.2, 0) is 0 Å². The average molecular weight is 348 g/mol. The van der Waals surface area contributed by atoms with E-state index in [1.54, 1.807) is 30.5 Å². The number of anilines is 1. The van der Waals surface area contributed by atoms with Crippen molar-refractivity contribution in [2.75, 3.05) is 5.32 Å². The number of hydrogen-bond acceptors (Lipinski definition) is 4. The summed E-state index contributed by atoms with van der Waals surface area (Å²) >= 11 is 0. The number of nitrogens with one attached hydrogen (secondary N) is 2. The predicted octanol–water partition coefficient (Wildman–Crippen LogP) is 4.07. The van der Waals surface area contributed by atoms with E-state index < -0.39 is 0 Å². The van der Waals surface area contributed by atoms with Gasteiger partial charge in [0.05, 0.1) is 11.0 Å². The first kappa shape index (κ1) is 16.3. The zero-order valence-corrected chi connectivity index (χ0v) is 14.3. The lowest BCUT2D eigenvalue weighted by Gasteiger charge is -2.12. The molecule has 1 fully saturated rings. The largest absolute Gasteiger partial charge is 0.508 e.